The van der Waals surface area contributed by atoms with E-state index in [-0.39, 0.29) is 0 Å². The number of rotatable bonds is 4. The SMILES string of the molecule is CC(C)c1ccc2ncc(-c3ccnc(-n4cccc4C(C)C)c3)cc2c1. The molecule has 0 fully saturated rings. The van der Waals surface area contributed by atoms with E-state index in [4.69, 9.17) is 0 Å². The number of fused-ring (bicyclic) bond motifs is 1. The van der Waals surface area contributed by atoms with E-state index in [0.717, 1.165) is 22.5 Å². The van der Waals surface area contributed by atoms with Crippen LogP contribution in [0, 0.1) is 0 Å². The van der Waals surface area contributed by atoms with Gasteiger partial charge in [0.2, 0.25) is 0 Å². The van der Waals surface area contributed by atoms with Crippen molar-refractivity contribution < 1.29 is 0 Å². The molecule has 0 unspecified atom stereocenters. The molecular weight excluding hydrogens is 330 g/mol. The van der Waals surface area contributed by atoms with Gasteiger partial charge < -0.3 is 4.57 Å². The summed E-state index contributed by atoms with van der Waals surface area (Å²) in [4.78, 5) is 9.26. The van der Waals surface area contributed by atoms with Gasteiger partial charge >= 0.3 is 0 Å². The first-order valence-electron chi connectivity index (χ1n) is 9.56. The predicted molar refractivity (Wildman–Crippen MR) is 112 cm³/mol. The van der Waals surface area contributed by atoms with E-state index in [1.54, 1.807) is 0 Å². The van der Waals surface area contributed by atoms with Crippen LogP contribution >= 0.6 is 0 Å². The molecule has 0 aliphatic rings. The zero-order valence-electron chi connectivity index (χ0n) is 16.3. The summed E-state index contributed by atoms with van der Waals surface area (Å²) in [7, 11) is 0. The topological polar surface area (TPSA) is 30.7 Å². The number of benzene rings is 1. The number of hydrogen-bond donors (Lipinski definition) is 0. The third-order valence-electron chi connectivity index (χ3n) is 5.07. The largest absolute Gasteiger partial charge is 0.305 e. The molecular formula is C24H25N3. The van der Waals surface area contributed by atoms with Gasteiger partial charge in [0.05, 0.1) is 5.52 Å². The fourth-order valence-corrected chi connectivity index (χ4v) is 3.47. The number of hydrogen-bond acceptors (Lipinski definition) is 2. The van der Waals surface area contributed by atoms with Gasteiger partial charge in [-0.1, -0.05) is 33.8 Å². The van der Waals surface area contributed by atoms with E-state index in [2.05, 4.69) is 97.0 Å². The van der Waals surface area contributed by atoms with Crippen molar-refractivity contribution in [3.8, 4) is 16.9 Å². The maximum Gasteiger partial charge on any atom is 0.137 e. The van der Waals surface area contributed by atoms with E-state index in [9.17, 15) is 0 Å². The predicted octanol–water partition coefficient (Wildman–Crippen LogP) is 6.33. The molecule has 0 saturated carbocycles. The van der Waals surface area contributed by atoms with E-state index in [0.29, 0.717) is 11.8 Å². The van der Waals surface area contributed by atoms with Crippen LogP contribution in [0.3, 0.4) is 0 Å². The van der Waals surface area contributed by atoms with Crippen LogP contribution in [-0.2, 0) is 0 Å². The molecule has 0 saturated heterocycles. The minimum atomic E-state index is 0.447. The van der Waals surface area contributed by atoms with Gasteiger partial charge in [-0.3, -0.25) is 4.98 Å². The first-order valence-corrected chi connectivity index (χ1v) is 9.56. The smallest absolute Gasteiger partial charge is 0.137 e. The van der Waals surface area contributed by atoms with Crippen molar-refractivity contribution in [3.63, 3.8) is 0 Å². The number of pyridine rings is 2. The fourth-order valence-electron chi connectivity index (χ4n) is 3.47. The van der Waals surface area contributed by atoms with Crippen LogP contribution in [0.4, 0.5) is 0 Å². The van der Waals surface area contributed by atoms with Gasteiger partial charge in [0.1, 0.15) is 5.82 Å². The molecule has 0 atom stereocenters. The van der Waals surface area contributed by atoms with Gasteiger partial charge in [0, 0.05) is 35.2 Å². The second kappa shape index (κ2) is 6.99. The average Bonchev–Trinajstić information content (AvgIpc) is 3.17. The molecule has 4 rings (SSSR count). The van der Waals surface area contributed by atoms with Crippen molar-refractivity contribution >= 4 is 10.9 Å². The molecule has 1 aromatic carbocycles. The van der Waals surface area contributed by atoms with E-state index in [1.807, 2.05) is 12.4 Å². The molecule has 27 heavy (non-hydrogen) atoms. The third-order valence-corrected chi connectivity index (χ3v) is 5.07. The summed E-state index contributed by atoms with van der Waals surface area (Å²) < 4.78 is 2.17. The minimum absolute atomic E-state index is 0.447. The van der Waals surface area contributed by atoms with Gasteiger partial charge in [-0.2, -0.15) is 0 Å². The molecule has 3 heterocycles. The van der Waals surface area contributed by atoms with Crippen LogP contribution in [0.5, 0.6) is 0 Å². The van der Waals surface area contributed by atoms with Crippen LogP contribution < -0.4 is 0 Å². The van der Waals surface area contributed by atoms with Crippen LogP contribution in [0.2, 0.25) is 0 Å². The summed E-state index contributed by atoms with van der Waals surface area (Å²) in [5.74, 6) is 1.90. The highest BCUT2D eigenvalue weighted by molar-refractivity contribution is 5.84. The summed E-state index contributed by atoms with van der Waals surface area (Å²) in [6.45, 7) is 8.85. The van der Waals surface area contributed by atoms with Crippen molar-refractivity contribution in [1.82, 2.24) is 14.5 Å². The molecule has 136 valence electrons. The van der Waals surface area contributed by atoms with Crippen molar-refractivity contribution in [2.75, 3.05) is 0 Å². The van der Waals surface area contributed by atoms with Crippen LogP contribution in [-0.4, -0.2) is 14.5 Å². The van der Waals surface area contributed by atoms with Gasteiger partial charge in [-0.25, -0.2) is 4.98 Å². The van der Waals surface area contributed by atoms with Gasteiger partial charge in [-0.05, 0) is 65.4 Å². The first kappa shape index (κ1) is 17.5. The molecule has 3 aromatic heterocycles. The Balaban J connectivity index is 1.78. The Kier molecular flexibility index (Phi) is 4.53. The first-order chi connectivity index (χ1) is 13.0. The summed E-state index contributed by atoms with van der Waals surface area (Å²) in [6.07, 6.45) is 5.91. The van der Waals surface area contributed by atoms with E-state index in [1.165, 1.54) is 16.6 Å². The molecule has 0 aliphatic carbocycles. The second-order valence-electron chi connectivity index (χ2n) is 7.69. The van der Waals surface area contributed by atoms with Gasteiger partial charge in [0.25, 0.3) is 0 Å². The monoisotopic (exact) mass is 355 g/mol. The maximum absolute atomic E-state index is 4.67. The molecule has 0 amide bonds. The van der Waals surface area contributed by atoms with Crippen molar-refractivity contribution in [1.29, 1.82) is 0 Å². The zero-order chi connectivity index (χ0) is 19.0. The lowest BCUT2D eigenvalue weighted by molar-refractivity contribution is 0.778. The van der Waals surface area contributed by atoms with Crippen molar-refractivity contribution in [3.05, 3.63) is 78.4 Å². The Morgan fingerprint density at radius 3 is 2.44 bits per heavy atom. The standard InChI is InChI=1S/C24H25N3/c1-16(2)18-7-8-22-20(12-18)13-21(15-26-22)19-9-10-25-24(14-19)27-11-5-6-23(27)17(3)4/h5-17H,1-4H3. The highest BCUT2D eigenvalue weighted by Crippen LogP contribution is 2.27. The number of nitrogens with zero attached hydrogens (tertiary/aromatic N) is 3. The highest BCUT2D eigenvalue weighted by atomic mass is 15.1. The normalized spacial score (nSPS) is 11.6. The molecule has 0 radical (unpaired) electrons. The lowest BCUT2D eigenvalue weighted by Gasteiger charge is -2.12. The van der Waals surface area contributed by atoms with Crippen LogP contribution in [0.1, 0.15) is 50.8 Å². The Morgan fingerprint density at radius 2 is 1.67 bits per heavy atom. The summed E-state index contributed by atoms with van der Waals surface area (Å²) in [5, 5.41) is 1.18. The maximum atomic E-state index is 4.67. The van der Waals surface area contributed by atoms with Gasteiger partial charge in [0.15, 0.2) is 0 Å². The Labute approximate surface area is 160 Å². The lowest BCUT2D eigenvalue weighted by Crippen LogP contribution is -2.02. The van der Waals surface area contributed by atoms with E-state index >= 15 is 0 Å². The van der Waals surface area contributed by atoms with Gasteiger partial charge in [-0.15, -0.1) is 0 Å². The molecule has 0 bridgehead atoms. The summed E-state index contributed by atoms with van der Waals surface area (Å²) >= 11 is 0. The van der Waals surface area contributed by atoms with Crippen LogP contribution in [0.25, 0.3) is 27.8 Å². The fraction of sp³-hybridized carbons (Fsp3) is 0.250. The number of aromatic nitrogens is 3. The lowest BCUT2D eigenvalue weighted by atomic mass is 9.99. The Morgan fingerprint density at radius 1 is 0.815 bits per heavy atom. The molecule has 3 nitrogen and oxygen atoms in total. The highest BCUT2D eigenvalue weighted by Gasteiger charge is 2.10. The average molecular weight is 355 g/mol. The molecule has 0 aliphatic heterocycles. The minimum Gasteiger partial charge on any atom is -0.305 e. The molecule has 3 heteroatoms. The quantitative estimate of drug-likeness (QED) is 0.428. The summed E-state index contributed by atoms with van der Waals surface area (Å²) in [5.41, 5.74) is 5.88. The van der Waals surface area contributed by atoms with Crippen LogP contribution in [0.15, 0.2) is 67.1 Å². The molecule has 4 aromatic rings. The molecule has 0 spiro atoms. The van der Waals surface area contributed by atoms with Crippen molar-refractivity contribution in [2.24, 2.45) is 0 Å². The Hall–Kier alpha value is -2.94. The summed E-state index contributed by atoms with van der Waals surface area (Å²) in [6, 6.07) is 17.2. The second-order valence-corrected chi connectivity index (χ2v) is 7.69. The Bertz CT molecular complexity index is 1090. The zero-order valence-corrected chi connectivity index (χ0v) is 16.3. The van der Waals surface area contributed by atoms with Crippen molar-refractivity contribution in [2.45, 2.75) is 39.5 Å². The van der Waals surface area contributed by atoms with E-state index < -0.39 is 0 Å². The molecule has 0 N–H and O–H groups in total. The third kappa shape index (κ3) is 3.37.